The van der Waals surface area contributed by atoms with Crippen molar-refractivity contribution in [2.75, 3.05) is 11.4 Å². The molecule has 2 nitrogen and oxygen atoms in total. The molecule has 0 radical (unpaired) electrons. The van der Waals surface area contributed by atoms with Crippen LogP contribution in [0.3, 0.4) is 0 Å². The highest BCUT2D eigenvalue weighted by Gasteiger charge is 2.36. The maximum absolute atomic E-state index is 12.3. The van der Waals surface area contributed by atoms with Crippen LogP contribution in [0.4, 0.5) is 5.69 Å². The quantitative estimate of drug-likeness (QED) is 0.748. The first kappa shape index (κ1) is 11.1. The Morgan fingerprint density at radius 2 is 2.18 bits per heavy atom. The Bertz CT molecular complexity index is 479. The average Bonchev–Trinajstić information content (AvgIpc) is 3.10. The maximum Gasteiger partial charge on any atom is 0.230 e. The first-order valence-electron chi connectivity index (χ1n) is 6.27. The molecule has 0 N–H and O–H groups in total. The molecule has 3 rings (SSSR count). The Morgan fingerprint density at radius 3 is 2.88 bits per heavy atom. The van der Waals surface area contributed by atoms with Crippen molar-refractivity contribution < 1.29 is 4.79 Å². The van der Waals surface area contributed by atoms with Gasteiger partial charge in [0.2, 0.25) is 5.91 Å². The number of anilines is 1. The van der Waals surface area contributed by atoms with Crippen LogP contribution in [0.15, 0.2) is 12.1 Å². The molecule has 90 valence electrons. The number of carbonyl (C=O) groups is 1. The van der Waals surface area contributed by atoms with Crippen LogP contribution in [0, 0.1) is 12.8 Å². The van der Waals surface area contributed by atoms with E-state index >= 15 is 0 Å². The van der Waals surface area contributed by atoms with Crippen LogP contribution in [0.5, 0.6) is 0 Å². The molecule has 0 bridgehead atoms. The minimum absolute atomic E-state index is 0.288. The number of aryl methyl sites for hydroxylation is 2. The molecule has 0 spiro atoms. The lowest BCUT2D eigenvalue weighted by Gasteiger charge is -2.31. The van der Waals surface area contributed by atoms with Gasteiger partial charge in [0, 0.05) is 23.2 Å². The van der Waals surface area contributed by atoms with E-state index in [1.165, 1.54) is 5.56 Å². The standard InChI is InChI=1S/C14H16ClNO/c1-9-7-12(15)8-11-3-2-6-16(13(9)11)14(17)10-4-5-10/h7-8,10H,2-6H2,1H3. The Balaban J connectivity index is 2.03. The van der Waals surface area contributed by atoms with Gasteiger partial charge in [-0.3, -0.25) is 4.79 Å². The van der Waals surface area contributed by atoms with Gasteiger partial charge >= 0.3 is 0 Å². The molecule has 1 heterocycles. The van der Waals surface area contributed by atoms with Gasteiger partial charge in [0.05, 0.1) is 0 Å². The molecule has 1 aliphatic carbocycles. The van der Waals surface area contributed by atoms with Gasteiger partial charge < -0.3 is 4.90 Å². The van der Waals surface area contributed by atoms with Gasteiger partial charge in [-0.25, -0.2) is 0 Å². The van der Waals surface area contributed by atoms with Gasteiger partial charge in [0.15, 0.2) is 0 Å². The summed E-state index contributed by atoms with van der Waals surface area (Å²) in [6.07, 6.45) is 4.21. The first-order valence-corrected chi connectivity index (χ1v) is 6.65. The highest BCUT2D eigenvalue weighted by atomic mass is 35.5. The van der Waals surface area contributed by atoms with Crippen LogP contribution in [0.25, 0.3) is 0 Å². The fourth-order valence-corrected chi connectivity index (χ4v) is 2.99. The minimum atomic E-state index is 0.288. The summed E-state index contributed by atoms with van der Waals surface area (Å²) in [5.74, 6) is 0.604. The number of amides is 1. The number of hydrogen-bond donors (Lipinski definition) is 0. The summed E-state index contributed by atoms with van der Waals surface area (Å²) in [5.41, 5.74) is 3.48. The van der Waals surface area contributed by atoms with Crippen molar-refractivity contribution in [3.05, 3.63) is 28.3 Å². The zero-order valence-corrected chi connectivity index (χ0v) is 10.8. The van der Waals surface area contributed by atoms with E-state index in [0.717, 1.165) is 48.5 Å². The summed E-state index contributed by atoms with van der Waals surface area (Å²) < 4.78 is 0. The third kappa shape index (κ3) is 1.95. The lowest BCUT2D eigenvalue weighted by Crippen LogP contribution is -2.37. The molecule has 1 amide bonds. The van der Waals surface area contributed by atoms with Gasteiger partial charge in [-0.05, 0) is 55.9 Å². The highest BCUT2D eigenvalue weighted by molar-refractivity contribution is 6.30. The second-order valence-corrected chi connectivity index (χ2v) is 5.53. The smallest absolute Gasteiger partial charge is 0.230 e. The molecular formula is C14H16ClNO. The molecule has 2 aliphatic rings. The van der Waals surface area contributed by atoms with E-state index in [1.54, 1.807) is 0 Å². The van der Waals surface area contributed by atoms with Crippen molar-refractivity contribution in [2.45, 2.75) is 32.6 Å². The molecule has 1 saturated carbocycles. The second kappa shape index (κ2) is 4.02. The van der Waals surface area contributed by atoms with E-state index in [1.807, 2.05) is 24.0 Å². The summed E-state index contributed by atoms with van der Waals surface area (Å²) in [6.45, 7) is 2.91. The Hall–Kier alpha value is -1.02. The van der Waals surface area contributed by atoms with Crippen molar-refractivity contribution >= 4 is 23.2 Å². The molecule has 1 aliphatic heterocycles. The van der Waals surface area contributed by atoms with Gasteiger partial charge in [-0.2, -0.15) is 0 Å². The Labute approximate surface area is 107 Å². The number of hydrogen-bond acceptors (Lipinski definition) is 1. The van der Waals surface area contributed by atoms with Crippen LogP contribution in [0.1, 0.15) is 30.4 Å². The summed E-state index contributed by atoms with van der Waals surface area (Å²) >= 11 is 6.08. The van der Waals surface area contributed by atoms with Crippen LogP contribution in [-0.2, 0) is 11.2 Å². The fourth-order valence-electron chi connectivity index (χ4n) is 2.69. The Kier molecular flexibility index (Phi) is 2.62. The van der Waals surface area contributed by atoms with Crippen LogP contribution in [-0.4, -0.2) is 12.5 Å². The van der Waals surface area contributed by atoms with Gasteiger partial charge in [0.25, 0.3) is 0 Å². The average molecular weight is 250 g/mol. The SMILES string of the molecule is Cc1cc(Cl)cc2c1N(C(=O)C1CC1)CCC2. The second-order valence-electron chi connectivity index (χ2n) is 5.10. The van der Waals surface area contributed by atoms with E-state index in [4.69, 9.17) is 11.6 Å². The van der Waals surface area contributed by atoms with Crippen molar-refractivity contribution in [1.29, 1.82) is 0 Å². The lowest BCUT2D eigenvalue weighted by molar-refractivity contribution is -0.119. The van der Waals surface area contributed by atoms with Crippen LogP contribution >= 0.6 is 11.6 Å². The normalized spacial score (nSPS) is 19.1. The molecular weight excluding hydrogens is 234 g/mol. The molecule has 0 saturated heterocycles. The number of carbonyl (C=O) groups excluding carboxylic acids is 1. The van der Waals surface area contributed by atoms with E-state index in [2.05, 4.69) is 0 Å². The van der Waals surface area contributed by atoms with Crippen molar-refractivity contribution in [1.82, 2.24) is 0 Å². The minimum Gasteiger partial charge on any atom is -0.312 e. The molecule has 17 heavy (non-hydrogen) atoms. The van der Waals surface area contributed by atoms with E-state index in [9.17, 15) is 4.79 Å². The third-order valence-corrected chi connectivity index (χ3v) is 3.85. The first-order chi connectivity index (χ1) is 8.16. The zero-order chi connectivity index (χ0) is 12.0. The van der Waals surface area contributed by atoms with E-state index < -0.39 is 0 Å². The summed E-state index contributed by atoms with van der Waals surface area (Å²) in [5, 5.41) is 0.780. The molecule has 3 heteroatoms. The van der Waals surface area contributed by atoms with E-state index in [-0.39, 0.29) is 5.92 Å². The predicted molar refractivity (Wildman–Crippen MR) is 69.6 cm³/mol. The van der Waals surface area contributed by atoms with Crippen LogP contribution in [0.2, 0.25) is 5.02 Å². The van der Waals surface area contributed by atoms with Gasteiger partial charge in [-0.15, -0.1) is 0 Å². The van der Waals surface area contributed by atoms with Crippen molar-refractivity contribution in [3.8, 4) is 0 Å². The number of nitrogens with zero attached hydrogens (tertiary/aromatic N) is 1. The van der Waals surface area contributed by atoms with Crippen LogP contribution < -0.4 is 4.90 Å². The zero-order valence-electron chi connectivity index (χ0n) is 10.0. The number of benzene rings is 1. The van der Waals surface area contributed by atoms with Crippen molar-refractivity contribution in [3.63, 3.8) is 0 Å². The largest absolute Gasteiger partial charge is 0.312 e. The summed E-state index contributed by atoms with van der Waals surface area (Å²) in [6, 6.07) is 3.97. The molecule has 0 atom stereocenters. The van der Waals surface area contributed by atoms with Crippen molar-refractivity contribution in [2.24, 2.45) is 5.92 Å². The Morgan fingerprint density at radius 1 is 1.41 bits per heavy atom. The maximum atomic E-state index is 12.3. The summed E-state index contributed by atoms with van der Waals surface area (Å²) in [7, 11) is 0. The summed E-state index contributed by atoms with van der Waals surface area (Å²) in [4.78, 5) is 14.2. The van der Waals surface area contributed by atoms with Gasteiger partial charge in [0.1, 0.15) is 0 Å². The van der Waals surface area contributed by atoms with E-state index in [0.29, 0.717) is 5.91 Å². The molecule has 1 aromatic carbocycles. The predicted octanol–water partition coefficient (Wildman–Crippen LogP) is 3.34. The number of fused-ring (bicyclic) bond motifs is 1. The molecule has 1 fully saturated rings. The lowest BCUT2D eigenvalue weighted by atomic mass is 9.98. The number of halogens is 1. The molecule has 0 aromatic heterocycles. The third-order valence-electron chi connectivity index (χ3n) is 3.63. The molecule has 1 aromatic rings. The van der Waals surface area contributed by atoms with Gasteiger partial charge in [-0.1, -0.05) is 11.6 Å². The number of rotatable bonds is 1. The monoisotopic (exact) mass is 249 g/mol. The molecule has 0 unspecified atom stereocenters. The fraction of sp³-hybridized carbons (Fsp3) is 0.500. The topological polar surface area (TPSA) is 20.3 Å². The highest BCUT2D eigenvalue weighted by Crippen LogP contribution is 2.38.